The number of para-hydroxylation sites is 2. The number of piperazine rings is 1. The van der Waals surface area contributed by atoms with E-state index in [-0.39, 0.29) is 5.91 Å². The average molecular weight is 231 g/mol. The maximum atomic E-state index is 12.1. The topological polar surface area (TPSA) is 35.6 Å². The zero-order valence-corrected chi connectivity index (χ0v) is 10.0. The van der Waals surface area contributed by atoms with Crippen LogP contribution < -0.4 is 15.1 Å². The second kappa shape index (κ2) is 4.04. The van der Waals surface area contributed by atoms with Gasteiger partial charge in [-0.2, -0.15) is 0 Å². The van der Waals surface area contributed by atoms with Crippen LogP contribution in [0.15, 0.2) is 24.3 Å². The van der Waals surface area contributed by atoms with Gasteiger partial charge in [0.25, 0.3) is 0 Å². The third kappa shape index (κ3) is 1.69. The number of nitrogens with zero attached hydrogens (tertiary/aromatic N) is 2. The highest BCUT2D eigenvalue weighted by Gasteiger charge is 2.33. The summed E-state index contributed by atoms with van der Waals surface area (Å²) in [6, 6.07) is 8.47. The molecule has 1 N–H and O–H groups in total. The normalized spacial score (nSPS) is 24.1. The molecule has 1 fully saturated rings. The Morgan fingerprint density at radius 1 is 1.29 bits per heavy atom. The van der Waals surface area contributed by atoms with Crippen molar-refractivity contribution >= 4 is 17.3 Å². The Labute approximate surface area is 101 Å². The van der Waals surface area contributed by atoms with Crippen LogP contribution in [0, 0.1) is 0 Å². The summed E-state index contributed by atoms with van der Waals surface area (Å²) in [7, 11) is 2.09. The lowest BCUT2D eigenvalue weighted by molar-refractivity contribution is -0.119. The highest BCUT2D eigenvalue weighted by atomic mass is 16.2. The van der Waals surface area contributed by atoms with Crippen molar-refractivity contribution in [2.45, 2.75) is 12.5 Å². The minimum absolute atomic E-state index is 0.184. The van der Waals surface area contributed by atoms with Crippen molar-refractivity contribution in [2.75, 3.05) is 36.5 Å². The quantitative estimate of drug-likeness (QED) is 0.718. The van der Waals surface area contributed by atoms with Crippen LogP contribution in [0.5, 0.6) is 0 Å². The lowest BCUT2D eigenvalue weighted by Gasteiger charge is -2.35. The van der Waals surface area contributed by atoms with Crippen molar-refractivity contribution in [3.63, 3.8) is 0 Å². The summed E-state index contributed by atoms with van der Waals surface area (Å²) in [5.74, 6) is 0.184. The van der Waals surface area contributed by atoms with Crippen LogP contribution in [0.25, 0.3) is 0 Å². The predicted octanol–water partition coefficient (Wildman–Crippen LogP) is 0.831. The highest BCUT2D eigenvalue weighted by molar-refractivity contribution is 5.99. The standard InChI is InChI=1S/C13H17N3O/c1-15-7-6-10-8-14-9-13(17)16(10)12-5-3-2-4-11(12)15/h2-5,10,14H,6-9H2,1H3. The van der Waals surface area contributed by atoms with Crippen LogP contribution in [0.3, 0.4) is 0 Å². The van der Waals surface area contributed by atoms with Crippen molar-refractivity contribution in [2.24, 2.45) is 0 Å². The van der Waals surface area contributed by atoms with Gasteiger partial charge in [0.2, 0.25) is 5.91 Å². The van der Waals surface area contributed by atoms with Crippen LogP contribution in [0.2, 0.25) is 0 Å². The molecule has 1 unspecified atom stereocenters. The molecule has 4 nitrogen and oxygen atoms in total. The minimum Gasteiger partial charge on any atom is -0.373 e. The van der Waals surface area contributed by atoms with Crippen molar-refractivity contribution in [3.05, 3.63) is 24.3 Å². The lowest BCUT2D eigenvalue weighted by atomic mass is 10.1. The highest BCUT2D eigenvalue weighted by Crippen LogP contribution is 2.34. The molecule has 17 heavy (non-hydrogen) atoms. The number of nitrogens with one attached hydrogen (secondary N) is 1. The molecular formula is C13H17N3O. The number of carbonyl (C=O) groups is 1. The van der Waals surface area contributed by atoms with Gasteiger partial charge < -0.3 is 15.1 Å². The van der Waals surface area contributed by atoms with E-state index in [0.717, 1.165) is 30.9 Å². The molecule has 0 aliphatic carbocycles. The van der Waals surface area contributed by atoms with Gasteiger partial charge >= 0.3 is 0 Å². The molecule has 0 aromatic heterocycles. The summed E-state index contributed by atoms with van der Waals surface area (Å²) in [6.45, 7) is 2.34. The Hall–Kier alpha value is -1.55. The second-order valence-electron chi connectivity index (χ2n) is 4.75. The van der Waals surface area contributed by atoms with Crippen LogP contribution >= 0.6 is 0 Å². The fourth-order valence-electron chi connectivity index (χ4n) is 2.74. The summed E-state index contributed by atoms with van der Waals surface area (Å²) in [4.78, 5) is 16.3. The summed E-state index contributed by atoms with van der Waals surface area (Å²) in [6.07, 6.45) is 1.02. The van der Waals surface area contributed by atoms with Crippen molar-refractivity contribution in [3.8, 4) is 0 Å². The van der Waals surface area contributed by atoms with Gasteiger partial charge in [-0.1, -0.05) is 12.1 Å². The third-order valence-corrected chi connectivity index (χ3v) is 3.64. The molecule has 1 aromatic carbocycles. The molecule has 0 bridgehead atoms. The van der Waals surface area contributed by atoms with Gasteiger partial charge in [-0.15, -0.1) is 0 Å². The maximum Gasteiger partial charge on any atom is 0.241 e. The number of carbonyl (C=O) groups excluding carboxylic acids is 1. The van der Waals surface area contributed by atoms with Crippen LogP contribution in [-0.4, -0.2) is 38.6 Å². The molecule has 1 atom stereocenters. The van der Waals surface area contributed by atoms with Crippen molar-refractivity contribution in [1.29, 1.82) is 0 Å². The first-order valence-corrected chi connectivity index (χ1v) is 6.10. The fourth-order valence-corrected chi connectivity index (χ4v) is 2.74. The molecule has 0 spiro atoms. The van der Waals surface area contributed by atoms with E-state index in [0.29, 0.717) is 12.6 Å². The summed E-state index contributed by atoms with van der Waals surface area (Å²) < 4.78 is 0. The molecule has 4 heteroatoms. The van der Waals surface area contributed by atoms with E-state index >= 15 is 0 Å². The number of fused-ring (bicyclic) bond motifs is 3. The van der Waals surface area contributed by atoms with Crippen molar-refractivity contribution < 1.29 is 4.79 Å². The predicted molar refractivity (Wildman–Crippen MR) is 68.5 cm³/mol. The Balaban J connectivity index is 2.09. The number of hydrogen-bond acceptors (Lipinski definition) is 3. The molecule has 1 aromatic rings. The molecule has 2 aliphatic heterocycles. The molecule has 0 saturated carbocycles. The van der Waals surface area contributed by atoms with E-state index < -0.39 is 0 Å². The molecule has 1 saturated heterocycles. The van der Waals surface area contributed by atoms with E-state index in [1.54, 1.807) is 0 Å². The number of benzene rings is 1. The summed E-state index contributed by atoms with van der Waals surface area (Å²) >= 11 is 0. The van der Waals surface area contributed by atoms with E-state index in [9.17, 15) is 4.79 Å². The van der Waals surface area contributed by atoms with Gasteiger partial charge in [0.15, 0.2) is 0 Å². The minimum atomic E-state index is 0.184. The van der Waals surface area contributed by atoms with E-state index in [1.807, 2.05) is 23.1 Å². The number of hydrogen-bond donors (Lipinski definition) is 1. The second-order valence-corrected chi connectivity index (χ2v) is 4.75. The van der Waals surface area contributed by atoms with Gasteiger partial charge in [-0.3, -0.25) is 4.79 Å². The zero-order valence-electron chi connectivity index (χ0n) is 10.0. The molecular weight excluding hydrogens is 214 g/mol. The Bertz CT molecular complexity index is 446. The largest absolute Gasteiger partial charge is 0.373 e. The fraction of sp³-hybridized carbons (Fsp3) is 0.462. The molecule has 2 aliphatic rings. The number of rotatable bonds is 0. The van der Waals surface area contributed by atoms with Gasteiger partial charge in [0, 0.05) is 20.1 Å². The van der Waals surface area contributed by atoms with Crippen LogP contribution in [-0.2, 0) is 4.79 Å². The smallest absolute Gasteiger partial charge is 0.241 e. The molecule has 2 heterocycles. The van der Waals surface area contributed by atoms with Crippen LogP contribution in [0.4, 0.5) is 11.4 Å². The first-order chi connectivity index (χ1) is 8.27. The van der Waals surface area contributed by atoms with E-state index in [1.165, 1.54) is 0 Å². The summed E-state index contributed by atoms with van der Waals surface area (Å²) in [5.41, 5.74) is 2.22. The Morgan fingerprint density at radius 3 is 2.88 bits per heavy atom. The van der Waals surface area contributed by atoms with Gasteiger partial charge in [0.1, 0.15) is 0 Å². The Kier molecular flexibility index (Phi) is 2.52. The SMILES string of the molecule is CN1CCC2CNCC(=O)N2c2ccccc21. The van der Waals surface area contributed by atoms with Gasteiger partial charge in [0.05, 0.1) is 24.0 Å². The maximum absolute atomic E-state index is 12.1. The monoisotopic (exact) mass is 231 g/mol. The van der Waals surface area contributed by atoms with Gasteiger partial charge in [-0.25, -0.2) is 0 Å². The molecule has 3 rings (SSSR count). The first kappa shape index (κ1) is 10.6. The third-order valence-electron chi connectivity index (χ3n) is 3.64. The van der Waals surface area contributed by atoms with Crippen molar-refractivity contribution in [1.82, 2.24) is 5.32 Å². The first-order valence-electron chi connectivity index (χ1n) is 6.10. The summed E-state index contributed by atoms with van der Waals surface area (Å²) in [5, 5.41) is 3.20. The molecule has 1 amide bonds. The average Bonchev–Trinajstić information content (AvgIpc) is 2.49. The van der Waals surface area contributed by atoms with E-state index in [4.69, 9.17) is 0 Å². The molecule has 0 radical (unpaired) electrons. The lowest BCUT2D eigenvalue weighted by Crippen LogP contribution is -2.55. The van der Waals surface area contributed by atoms with E-state index in [2.05, 4.69) is 23.3 Å². The number of amides is 1. The Morgan fingerprint density at radius 2 is 2.06 bits per heavy atom. The van der Waals surface area contributed by atoms with Crippen LogP contribution in [0.1, 0.15) is 6.42 Å². The van der Waals surface area contributed by atoms with Gasteiger partial charge in [-0.05, 0) is 18.6 Å². The molecule has 90 valence electrons. The number of anilines is 2. The zero-order chi connectivity index (χ0) is 11.8.